The SMILES string of the molecule is COC(=O)CC(=O)OCCc1ccccc1. The van der Waals surface area contributed by atoms with Crippen LogP contribution in [-0.2, 0) is 25.5 Å². The van der Waals surface area contributed by atoms with Gasteiger partial charge < -0.3 is 9.47 Å². The molecule has 0 amide bonds. The predicted octanol–water partition coefficient (Wildman–Crippen LogP) is 1.34. The van der Waals surface area contributed by atoms with Crippen molar-refractivity contribution in [1.82, 2.24) is 0 Å². The Morgan fingerprint density at radius 3 is 2.44 bits per heavy atom. The number of rotatable bonds is 5. The maximum absolute atomic E-state index is 11.1. The van der Waals surface area contributed by atoms with Gasteiger partial charge in [-0.3, -0.25) is 9.59 Å². The molecule has 86 valence electrons. The molecule has 0 bridgehead atoms. The summed E-state index contributed by atoms with van der Waals surface area (Å²) >= 11 is 0. The fraction of sp³-hybridized carbons (Fsp3) is 0.333. The molecule has 0 fully saturated rings. The third-order valence-electron chi connectivity index (χ3n) is 2.01. The summed E-state index contributed by atoms with van der Waals surface area (Å²) in [6.07, 6.45) is 0.318. The lowest BCUT2D eigenvalue weighted by molar-refractivity contribution is -0.152. The van der Waals surface area contributed by atoms with Gasteiger partial charge in [0.1, 0.15) is 6.42 Å². The summed E-state index contributed by atoms with van der Waals surface area (Å²) in [4.78, 5) is 21.8. The van der Waals surface area contributed by atoms with Crippen molar-refractivity contribution in [2.75, 3.05) is 13.7 Å². The quantitative estimate of drug-likeness (QED) is 0.557. The van der Waals surface area contributed by atoms with E-state index in [4.69, 9.17) is 4.74 Å². The van der Waals surface area contributed by atoms with E-state index in [0.717, 1.165) is 5.56 Å². The molecule has 0 heterocycles. The molecule has 0 saturated carbocycles. The Kier molecular flexibility index (Phi) is 5.05. The minimum absolute atomic E-state index is 0.278. The van der Waals surface area contributed by atoms with Crippen LogP contribution in [0.1, 0.15) is 12.0 Å². The Labute approximate surface area is 94.2 Å². The van der Waals surface area contributed by atoms with Crippen LogP contribution in [0.4, 0.5) is 0 Å². The van der Waals surface area contributed by atoms with E-state index in [1.807, 2.05) is 30.3 Å². The number of esters is 2. The van der Waals surface area contributed by atoms with Crippen LogP contribution in [0.2, 0.25) is 0 Å². The van der Waals surface area contributed by atoms with Crippen molar-refractivity contribution in [2.45, 2.75) is 12.8 Å². The molecule has 1 rings (SSSR count). The fourth-order valence-electron chi connectivity index (χ4n) is 1.17. The zero-order chi connectivity index (χ0) is 11.8. The number of carbonyl (C=O) groups is 2. The first-order valence-electron chi connectivity index (χ1n) is 4.98. The van der Waals surface area contributed by atoms with Gasteiger partial charge >= 0.3 is 11.9 Å². The maximum atomic E-state index is 11.1. The molecule has 4 nitrogen and oxygen atoms in total. The highest BCUT2D eigenvalue weighted by Gasteiger charge is 2.10. The van der Waals surface area contributed by atoms with Gasteiger partial charge in [0.05, 0.1) is 13.7 Å². The molecule has 1 aromatic rings. The largest absolute Gasteiger partial charge is 0.469 e. The minimum atomic E-state index is -0.579. The zero-order valence-electron chi connectivity index (χ0n) is 9.14. The average molecular weight is 222 g/mol. The molecular formula is C12H14O4. The van der Waals surface area contributed by atoms with E-state index in [2.05, 4.69) is 4.74 Å². The Morgan fingerprint density at radius 2 is 1.81 bits per heavy atom. The van der Waals surface area contributed by atoms with Gasteiger partial charge in [0.25, 0.3) is 0 Å². The third-order valence-corrected chi connectivity index (χ3v) is 2.01. The first-order chi connectivity index (χ1) is 7.72. The summed E-state index contributed by atoms with van der Waals surface area (Å²) < 4.78 is 9.22. The van der Waals surface area contributed by atoms with E-state index in [0.29, 0.717) is 6.42 Å². The second kappa shape index (κ2) is 6.61. The van der Waals surface area contributed by atoms with E-state index in [9.17, 15) is 9.59 Å². The monoisotopic (exact) mass is 222 g/mol. The number of benzene rings is 1. The molecule has 0 unspecified atom stereocenters. The van der Waals surface area contributed by atoms with E-state index >= 15 is 0 Å². The first-order valence-corrected chi connectivity index (χ1v) is 4.98. The number of methoxy groups -OCH3 is 1. The fourth-order valence-corrected chi connectivity index (χ4v) is 1.17. The molecule has 0 spiro atoms. The van der Waals surface area contributed by atoms with E-state index in [1.165, 1.54) is 7.11 Å². The average Bonchev–Trinajstić information content (AvgIpc) is 2.30. The topological polar surface area (TPSA) is 52.6 Å². The molecule has 0 radical (unpaired) electrons. The van der Waals surface area contributed by atoms with Gasteiger partial charge in [0.2, 0.25) is 0 Å². The van der Waals surface area contributed by atoms with Gasteiger partial charge in [-0.25, -0.2) is 0 Å². The number of ether oxygens (including phenoxy) is 2. The zero-order valence-corrected chi connectivity index (χ0v) is 9.14. The van der Waals surface area contributed by atoms with Crippen molar-refractivity contribution in [3.05, 3.63) is 35.9 Å². The molecule has 4 heteroatoms. The minimum Gasteiger partial charge on any atom is -0.469 e. The Hall–Kier alpha value is -1.84. The molecular weight excluding hydrogens is 208 g/mol. The van der Waals surface area contributed by atoms with Gasteiger partial charge in [0.15, 0.2) is 0 Å². The van der Waals surface area contributed by atoms with Gasteiger partial charge in [-0.05, 0) is 5.56 Å². The van der Waals surface area contributed by atoms with Crippen LogP contribution >= 0.6 is 0 Å². The maximum Gasteiger partial charge on any atom is 0.317 e. The second-order valence-corrected chi connectivity index (χ2v) is 3.21. The molecule has 0 atom stereocenters. The number of hydrogen-bond acceptors (Lipinski definition) is 4. The van der Waals surface area contributed by atoms with Gasteiger partial charge in [-0.1, -0.05) is 30.3 Å². The molecule has 0 aliphatic rings. The third kappa shape index (κ3) is 4.59. The van der Waals surface area contributed by atoms with Crippen LogP contribution in [0.25, 0.3) is 0 Å². The van der Waals surface area contributed by atoms with Gasteiger partial charge in [-0.15, -0.1) is 0 Å². The molecule has 16 heavy (non-hydrogen) atoms. The lowest BCUT2D eigenvalue weighted by atomic mass is 10.2. The lowest BCUT2D eigenvalue weighted by Crippen LogP contribution is -2.13. The Morgan fingerprint density at radius 1 is 1.12 bits per heavy atom. The van der Waals surface area contributed by atoms with Gasteiger partial charge in [-0.2, -0.15) is 0 Å². The number of hydrogen-bond donors (Lipinski definition) is 0. The summed E-state index contributed by atoms with van der Waals surface area (Å²) in [6.45, 7) is 0.278. The van der Waals surface area contributed by atoms with Crippen molar-refractivity contribution < 1.29 is 19.1 Å². The molecule has 0 aliphatic carbocycles. The summed E-state index contributed by atoms with van der Waals surface area (Å²) in [5, 5.41) is 0. The van der Waals surface area contributed by atoms with Crippen LogP contribution in [-0.4, -0.2) is 25.7 Å². The molecule has 0 N–H and O–H groups in total. The van der Waals surface area contributed by atoms with Crippen molar-refractivity contribution in [3.8, 4) is 0 Å². The smallest absolute Gasteiger partial charge is 0.317 e. The summed E-state index contributed by atoms with van der Waals surface area (Å²) in [5.41, 5.74) is 1.09. The van der Waals surface area contributed by atoms with Crippen molar-refractivity contribution in [2.24, 2.45) is 0 Å². The normalized spacial score (nSPS) is 9.56. The summed E-state index contributed by atoms with van der Waals surface area (Å²) in [7, 11) is 1.24. The van der Waals surface area contributed by atoms with Crippen molar-refractivity contribution in [1.29, 1.82) is 0 Å². The van der Waals surface area contributed by atoms with Crippen LogP contribution in [0.15, 0.2) is 30.3 Å². The van der Waals surface area contributed by atoms with Crippen LogP contribution < -0.4 is 0 Å². The van der Waals surface area contributed by atoms with E-state index in [-0.39, 0.29) is 13.0 Å². The summed E-state index contributed by atoms with van der Waals surface area (Å²) in [6, 6.07) is 9.67. The van der Waals surface area contributed by atoms with Gasteiger partial charge in [0, 0.05) is 6.42 Å². The van der Waals surface area contributed by atoms with Crippen LogP contribution in [0, 0.1) is 0 Å². The lowest BCUT2D eigenvalue weighted by Gasteiger charge is -2.03. The highest BCUT2D eigenvalue weighted by Crippen LogP contribution is 2.00. The standard InChI is InChI=1S/C12H14O4/c1-15-11(13)9-12(14)16-8-7-10-5-3-2-4-6-10/h2-6H,7-9H2,1H3. The molecule has 0 aromatic heterocycles. The Bertz CT molecular complexity index is 345. The highest BCUT2D eigenvalue weighted by atomic mass is 16.5. The molecule has 0 aliphatic heterocycles. The van der Waals surface area contributed by atoms with Crippen molar-refractivity contribution in [3.63, 3.8) is 0 Å². The molecule has 1 aromatic carbocycles. The molecule has 0 saturated heterocycles. The Balaban J connectivity index is 2.21. The van der Waals surface area contributed by atoms with E-state index < -0.39 is 11.9 Å². The summed E-state index contributed by atoms with van der Waals surface area (Å²) in [5.74, 6) is -1.13. The first kappa shape index (κ1) is 12.2. The highest BCUT2D eigenvalue weighted by molar-refractivity contribution is 5.91. The second-order valence-electron chi connectivity index (χ2n) is 3.21. The van der Waals surface area contributed by atoms with Crippen LogP contribution in [0.5, 0.6) is 0 Å². The van der Waals surface area contributed by atoms with Crippen LogP contribution in [0.3, 0.4) is 0 Å². The van der Waals surface area contributed by atoms with E-state index in [1.54, 1.807) is 0 Å². The predicted molar refractivity (Wildman–Crippen MR) is 57.7 cm³/mol. The van der Waals surface area contributed by atoms with Crippen molar-refractivity contribution >= 4 is 11.9 Å². The number of carbonyl (C=O) groups excluding carboxylic acids is 2.